The van der Waals surface area contributed by atoms with Gasteiger partial charge < -0.3 is 30.8 Å². The molecule has 2 aliphatic rings. The molecule has 12 nitrogen and oxygen atoms in total. The average molecular weight is 709 g/mol. The third-order valence-electron chi connectivity index (χ3n) is 10.9. The van der Waals surface area contributed by atoms with Gasteiger partial charge in [0, 0.05) is 0 Å². The first-order chi connectivity index (χ1) is 24.8. The Morgan fingerprint density at radius 2 is 1.12 bits per heavy atom. The fourth-order valence-electron chi connectivity index (χ4n) is 7.60. The van der Waals surface area contributed by atoms with Crippen molar-refractivity contribution in [2.45, 2.75) is 97.6 Å². The molecule has 0 aliphatic heterocycles. The number of nitrogens with zero attached hydrogens (tertiary/aromatic N) is 2. The van der Waals surface area contributed by atoms with Crippen LogP contribution in [0.25, 0.3) is 33.6 Å². The number of carboxylic acid groups (broad SMARTS) is 2. The SMILES string of the molecule is CC(C)(C)C(NC(=O)C1(C(=O)O)CCCCC1)c1ncc(-c2ccc(-c3ccc(-c4cnc(CNC(=O)C5(C(=O)O)CCCCC5)[nH]4)cc3)cc2)[nH]1. The number of aromatic nitrogens is 4. The van der Waals surface area contributed by atoms with E-state index in [0.717, 1.165) is 72.2 Å². The van der Waals surface area contributed by atoms with Crippen molar-refractivity contribution in [1.82, 2.24) is 30.6 Å². The van der Waals surface area contributed by atoms with Crippen molar-refractivity contribution in [3.05, 3.63) is 72.6 Å². The molecule has 2 heterocycles. The van der Waals surface area contributed by atoms with E-state index in [-0.39, 0.29) is 6.54 Å². The summed E-state index contributed by atoms with van der Waals surface area (Å²) in [6.07, 6.45) is 9.61. The maximum atomic E-state index is 13.5. The number of carbonyl (C=O) groups is 4. The van der Waals surface area contributed by atoms with E-state index < -0.39 is 46.0 Å². The zero-order valence-electron chi connectivity index (χ0n) is 30.1. The zero-order chi connectivity index (χ0) is 37.1. The summed E-state index contributed by atoms with van der Waals surface area (Å²) in [5, 5.41) is 25.7. The van der Waals surface area contributed by atoms with Gasteiger partial charge in [-0.1, -0.05) is 108 Å². The van der Waals surface area contributed by atoms with Gasteiger partial charge in [0.2, 0.25) is 11.8 Å². The predicted molar refractivity (Wildman–Crippen MR) is 196 cm³/mol. The fraction of sp³-hybridized carbons (Fsp3) is 0.450. The molecule has 0 spiro atoms. The Labute approximate surface area is 303 Å². The number of amides is 2. The molecule has 1 atom stereocenters. The molecule has 1 unspecified atom stereocenters. The smallest absolute Gasteiger partial charge is 0.319 e. The largest absolute Gasteiger partial charge is 0.480 e. The molecule has 2 fully saturated rings. The van der Waals surface area contributed by atoms with E-state index in [1.807, 2.05) is 69.3 Å². The van der Waals surface area contributed by atoms with Gasteiger partial charge in [-0.05, 0) is 53.4 Å². The van der Waals surface area contributed by atoms with Crippen molar-refractivity contribution < 1.29 is 29.4 Å². The first kappa shape index (κ1) is 36.5. The maximum absolute atomic E-state index is 13.5. The van der Waals surface area contributed by atoms with E-state index in [1.54, 1.807) is 12.4 Å². The van der Waals surface area contributed by atoms with Gasteiger partial charge in [-0.15, -0.1) is 0 Å². The van der Waals surface area contributed by atoms with Crippen LogP contribution in [-0.2, 0) is 25.7 Å². The molecule has 52 heavy (non-hydrogen) atoms. The van der Waals surface area contributed by atoms with Gasteiger partial charge in [0.1, 0.15) is 22.5 Å². The van der Waals surface area contributed by atoms with Gasteiger partial charge in [-0.2, -0.15) is 0 Å². The number of aliphatic carboxylic acids is 2. The van der Waals surface area contributed by atoms with E-state index in [9.17, 15) is 29.4 Å². The predicted octanol–water partition coefficient (Wildman–Crippen LogP) is 7.02. The lowest BCUT2D eigenvalue weighted by atomic mass is 9.72. The van der Waals surface area contributed by atoms with Crippen molar-refractivity contribution in [2.75, 3.05) is 0 Å². The Bertz CT molecular complexity index is 1910. The Morgan fingerprint density at radius 3 is 1.60 bits per heavy atom. The normalized spacial score (nSPS) is 17.5. The molecule has 2 saturated carbocycles. The summed E-state index contributed by atoms with van der Waals surface area (Å²) < 4.78 is 0. The van der Waals surface area contributed by atoms with Gasteiger partial charge in [0.25, 0.3) is 0 Å². The monoisotopic (exact) mass is 708 g/mol. The molecule has 4 aromatic rings. The summed E-state index contributed by atoms with van der Waals surface area (Å²) in [7, 11) is 0. The highest BCUT2D eigenvalue weighted by atomic mass is 16.4. The van der Waals surface area contributed by atoms with Crippen LogP contribution in [0.4, 0.5) is 0 Å². The summed E-state index contributed by atoms with van der Waals surface area (Å²) in [5.74, 6) is -1.91. The third-order valence-corrected chi connectivity index (χ3v) is 10.9. The van der Waals surface area contributed by atoms with Gasteiger partial charge >= 0.3 is 11.9 Å². The van der Waals surface area contributed by atoms with Crippen LogP contribution in [0, 0.1) is 16.2 Å². The van der Waals surface area contributed by atoms with E-state index in [4.69, 9.17) is 0 Å². The molecule has 12 heteroatoms. The molecule has 2 amide bonds. The highest BCUT2D eigenvalue weighted by molar-refractivity contribution is 6.02. The Kier molecular flexibility index (Phi) is 10.4. The van der Waals surface area contributed by atoms with E-state index in [1.165, 1.54) is 0 Å². The molecule has 2 aromatic carbocycles. The number of imidazole rings is 2. The number of H-pyrrole nitrogens is 2. The molecule has 6 N–H and O–H groups in total. The second-order valence-electron chi connectivity index (χ2n) is 15.4. The molecule has 0 saturated heterocycles. The minimum atomic E-state index is -1.41. The van der Waals surface area contributed by atoms with E-state index in [2.05, 4.69) is 30.6 Å². The zero-order valence-corrected chi connectivity index (χ0v) is 30.1. The molecule has 6 rings (SSSR count). The molecular weight excluding hydrogens is 660 g/mol. The summed E-state index contributed by atoms with van der Waals surface area (Å²) in [6, 6.07) is 15.6. The quantitative estimate of drug-likeness (QED) is 0.0896. The number of carbonyl (C=O) groups excluding carboxylic acids is 2. The second-order valence-corrected chi connectivity index (χ2v) is 15.4. The van der Waals surface area contributed by atoms with Crippen LogP contribution < -0.4 is 10.6 Å². The fourth-order valence-corrected chi connectivity index (χ4v) is 7.60. The standard InChI is InChI=1S/C40H48N6O6/c1-38(2,3)32(46-35(48)40(37(51)52)20-8-5-9-21-40)33-42-23-30(45-33)28-16-12-26(13-17-28)25-10-14-27(15-11-25)29-22-41-31(44-29)24-43-34(47)39(36(49)50)18-6-4-7-19-39/h10-17,22-23,32H,4-9,18-21,24H2,1-3H3,(H,41,44)(H,42,45)(H,43,47)(H,46,48)(H,49,50)(H,51,52). The number of aromatic amines is 2. The third kappa shape index (κ3) is 7.37. The highest BCUT2D eigenvalue weighted by Crippen LogP contribution is 2.40. The Balaban J connectivity index is 1.10. The molecule has 2 aromatic heterocycles. The number of rotatable bonds is 11. The van der Waals surface area contributed by atoms with Crippen LogP contribution in [0.3, 0.4) is 0 Å². The van der Waals surface area contributed by atoms with Crippen molar-refractivity contribution in [1.29, 1.82) is 0 Å². The molecular formula is C40H48N6O6. The first-order valence-corrected chi connectivity index (χ1v) is 18.2. The summed E-state index contributed by atoms with van der Waals surface area (Å²) >= 11 is 0. The minimum absolute atomic E-state index is 0.118. The summed E-state index contributed by atoms with van der Waals surface area (Å²) in [6.45, 7) is 6.11. The number of hydrogen-bond donors (Lipinski definition) is 6. The van der Waals surface area contributed by atoms with E-state index in [0.29, 0.717) is 37.3 Å². The minimum Gasteiger partial charge on any atom is -0.480 e. The van der Waals surface area contributed by atoms with Gasteiger partial charge in [-0.25, -0.2) is 9.97 Å². The molecule has 0 radical (unpaired) electrons. The van der Waals surface area contributed by atoms with Crippen LogP contribution in [0.5, 0.6) is 0 Å². The van der Waals surface area contributed by atoms with Crippen molar-refractivity contribution in [3.8, 4) is 33.6 Å². The summed E-state index contributed by atoms with van der Waals surface area (Å²) in [4.78, 5) is 66.3. The van der Waals surface area contributed by atoms with Gasteiger partial charge in [-0.3, -0.25) is 19.2 Å². The molecule has 0 bridgehead atoms. The molecule has 2 aliphatic carbocycles. The second kappa shape index (κ2) is 14.8. The van der Waals surface area contributed by atoms with Crippen LogP contribution in [0.2, 0.25) is 0 Å². The highest BCUT2D eigenvalue weighted by Gasteiger charge is 2.49. The van der Waals surface area contributed by atoms with Crippen LogP contribution in [-0.4, -0.2) is 53.9 Å². The first-order valence-electron chi connectivity index (χ1n) is 18.2. The van der Waals surface area contributed by atoms with Crippen molar-refractivity contribution in [2.24, 2.45) is 16.2 Å². The van der Waals surface area contributed by atoms with Crippen LogP contribution in [0.15, 0.2) is 60.9 Å². The maximum Gasteiger partial charge on any atom is 0.319 e. The topological polar surface area (TPSA) is 190 Å². The lowest BCUT2D eigenvalue weighted by Gasteiger charge is -2.36. The van der Waals surface area contributed by atoms with E-state index >= 15 is 0 Å². The van der Waals surface area contributed by atoms with Crippen molar-refractivity contribution >= 4 is 23.8 Å². The number of carboxylic acids is 2. The number of benzene rings is 2. The van der Waals surface area contributed by atoms with Gasteiger partial charge in [0.05, 0.1) is 36.4 Å². The van der Waals surface area contributed by atoms with Crippen LogP contribution >= 0.6 is 0 Å². The Morgan fingerprint density at radius 1 is 0.673 bits per heavy atom. The summed E-state index contributed by atoms with van der Waals surface area (Å²) in [5.41, 5.74) is 2.25. The van der Waals surface area contributed by atoms with Crippen molar-refractivity contribution in [3.63, 3.8) is 0 Å². The van der Waals surface area contributed by atoms with Crippen LogP contribution in [0.1, 0.15) is 103 Å². The average Bonchev–Trinajstić information content (AvgIpc) is 3.83. The Hall–Kier alpha value is -5.26. The molecule has 274 valence electrons. The van der Waals surface area contributed by atoms with Gasteiger partial charge in [0.15, 0.2) is 0 Å². The lowest BCUT2D eigenvalue weighted by Crippen LogP contribution is -2.50. The lowest BCUT2D eigenvalue weighted by molar-refractivity contribution is -0.160. The number of hydrogen-bond acceptors (Lipinski definition) is 6. The number of nitrogens with one attached hydrogen (secondary N) is 4.